The van der Waals surface area contributed by atoms with Crippen LogP contribution in [0, 0.1) is 6.92 Å². The predicted octanol–water partition coefficient (Wildman–Crippen LogP) is 2.10. The number of rotatable bonds is 5. The van der Waals surface area contributed by atoms with Crippen molar-refractivity contribution in [2.45, 2.75) is 18.4 Å². The standard InChI is InChI=1S/C15H14ClN5O2S/c1-11-2-6-13(7-3-11)21-15(18-19-20-21)10-17-24(22,23)14-8-4-12(16)5-9-14/h2-9,17H,10H2,1H3. The number of tetrazole rings is 1. The van der Waals surface area contributed by atoms with Crippen LogP contribution >= 0.6 is 11.6 Å². The molecule has 1 aromatic heterocycles. The average Bonchev–Trinajstić information content (AvgIpc) is 3.03. The second-order valence-electron chi connectivity index (χ2n) is 5.12. The van der Waals surface area contributed by atoms with Gasteiger partial charge in [0.05, 0.1) is 17.1 Å². The van der Waals surface area contributed by atoms with Crippen LogP contribution in [0.3, 0.4) is 0 Å². The van der Waals surface area contributed by atoms with E-state index in [0.29, 0.717) is 10.8 Å². The summed E-state index contributed by atoms with van der Waals surface area (Å²) in [7, 11) is -3.68. The summed E-state index contributed by atoms with van der Waals surface area (Å²) >= 11 is 5.77. The molecule has 0 fully saturated rings. The third-order valence-corrected chi connectivity index (χ3v) is 5.03. The van der Waals surface area contributed by atoms with Gasteiger partial charge in [0.1, 0.15) is 0 Å². The number of halogens is 1. The monoisotopic (exact) mass is 363 g/mol. The predicted molar refractivity (Wildman–Crippen MR) is 89.4 cm³/mol. The van der Waals surface area contributed by atoms with E-state index in [1.165, 1.54) is 28.9 Å². The number of benzene rings is 2. The second kappa shape index (κ2) is 6.68. The molecule has 0 aliphatic heterocycles. The zero-order chi connectivity index (χ0) is 17.2. The molecule has 3 aromatic rings. The van der Waals surface area contributed by atoms with Crippen molar-refractivity contribution in [2.75, 3.05) is 0 Å². The Morgan fingerprint density at radius 3 is 2.42 bits per heavy atom. The van der Waals surface area contributed by atoms with Gasteiger partial charge in [-0.05, 0) is 53.7 Å². The van der Waals surface area contributed by atoms with Crippen molar-refractivity contribution in [1.29, 1.82) is 0 Å². The molecule has 0 bridgehead atoms. The van der Waals surface area contributed by atoms with Crippen LogP contribution in [0.1, 0.15) is 11.4 Å². The average molecular weight is 364 g/mol. The zero-order valence-corrected chi connectivity index (χ0v) is 14.3. The van der Waals surface area contributed by atoms with Crippen molar-refractivity contribution in [3.63, 3.8) is 0 Å². The summed E-state index contributed by atoms with van der Waals surface area (Å²) < 4.78 is 28.6. The van der Waals surface area contributed by atoms with Crippen LogP contribution in [-0.2, 0) is 16.6 Å². The Morgan fingerprint density at radius 2 is 1.75 bits per heavy atom. The number of aryl methyl sites for hydroxylation is 1. The molecule has 1 N–H and O–H groups in total. The molecule has 0 unspecified atom stereocenters. The molecule has 0 aliphatic carbocycles. The topological polar surface area (TPSA) is 89.8 Å². The fourth-order valence-corrected chi connectivity index (χ4v) is 3.17. The Kier molecular flexibility index (Phi) is 4.61. The molecule has 0 atom stereocenters. The Labute approximate surface area is 144 Å². The van der Waals surface area contributed by atoms with Gasteiger partial charge in [0, 0.05) is 5.02 Å². The molecule has 0 saturated carbocycles. The Morgan fingerprint density at radius 1 is 1.08 bits per heavy atom. The van der Waals surface area contributed by atoms with E-state index in [2.05, 4.69) is 20.2 Å². The maximum atomic E-state index is 12.3. The van der Waals surface area contributed by atoms with Gasteiger partial charge in [-0.1, -0.05) is 29.3 Å². The fourth-order valence-electron chi connectivity index (χ4n) is 2.06. The SMILES string of the molecule is Cc1ccc(-n2nnnc2CNS(=O)(=O)c2ccc(Cl)cc2)cc1. The van der Waals surface area contributed by atoms with E-state index in [-0.39, 0.29) is 11.4 Å². The summed E-state index contributed by atoms with van der Waals surface area (Å²) in [6, 6.07) is 13.5. The van der Waals surface area contributed by atoms with Gasteiger partial charge < -0.3 is 0 Å². The van der Waals surface area contributed by atoms with Crippen LogP contribution in [0.25, 0.3) is 5.69 Å². The van der Waals surface area contributed by atoms with Crippen LogP contribution in [0.15, 0.2) is 53.4 Å². The highest BCUT2D eigenvalue weighted by atomic mass is 35.5. The molecule has 124 valence electrons. The van der Waals surface area contributed by atoms with Gasteiger partial charge in [-0.15, -0.1) is 5.10 Å². The molecule has 0 amide bonds. The molecule has 0 radical (unpaired) electrons. The first-order valence-electron chi connectivity index (χ1n) is 7.05. The lowest BCUT2D eigenvalue weighted by molar-refractivity contribution is 0.578. The molecular weight excluding hydrogens is 350 g/mol. The minimum Gasteiger partial charge on any atom is -0.207 e. The highest BCUT2D eigenvalue weighted by Crippen LogP contribution is 2.14. The van der Waals surface area contributed by atoms with Gasteiger partial charge >= 0.3 is 0 Å². The van der Waals surface area contributed by atoms with Crippen molar-refractivity contribution in [3.8, 4) is 5.69 Å². The van der Waals surface area contributed by atoms with Crippen molar-refractivity contribution in [1.82, 2.24) is 24.9 Å². The van der Waals surface area contributed by atoms with Crippen molar-refractivity contribution in [3.05, 3.63) is 64.9 Å². The summed E-state index contributed by atoms with van der Waals surface area (Å²) in [5, 5.41) is 11.9. The maximum absolute atomic E-state index is 12.3. The summed E-state index contributed by atoms with van der Waals surface area (Å²) in [5.41, 5.74) is 1.86. The van der Waals surface area contributed by atoms with E-state index in [9.17, 15) is 8.42 Å². The highest BCUT2D eigenvalue weighted by Gasteiger charge is 2.16. The lowest BCUT2D eigenvalue weighted by Gasteiger charge is -2.08. The van der Waals surface area contributed by atoms with Gasteiger partial charge in [-0.3, -0.25) is 0 Å². The lowest BCUT2D eigenvalue weighted by Crippen LogP contribution is -2.25. The normalized spacial score (nSPS) is 11.6. The molecular formula is C15H14ClN5O2S. The first-order valence-corrected chi connectivity index (χ1v) is 8.91. The van der Waals surface area contributed by atoms with Gasteiger partial charge in [0.15, 0.2) is 5.82 Å². The van der Waals surface area contributed by atoms with Gasteiger partial charge in [-0.25, -0.2) is 13.1 Å². The van der Waals surface area contributed by atoms with E-state index in [4.69, 9.17) is 11.6 Å². The van der Waals surface area contributed by atoms with Gasteiger partial charge in [0.25, 0.3) is 0 Å². The van der Waals surface area contributed by atoms with Gasteiger partial charge in [0.2, 0.25) is 10.0 Å². The largest absolute Gasteiger partial charge is 0.240 e. The summed E-state index contributed by atoms with van der Waals surface area (Å²) in [6.45, 7) is 1.94. The zero-order valence-electron chi connectivity index (χ0n) is 12.7. The molecule has 7 nitrogen and oxygen atoms in total. The summed E-state index contributed by atoms with van der Waals surface area (Å²) in [6.07, 6.45) is 0. The first kappa shape index (κ1) is 16.6. The first-order chi connectivity index (χ1) is 11.5. The molecule has 0 saturated heterocycles. The molecule has 2 aromatic carbocycles. The number of sulfonamides is 1. The van der Waals surface area contributed by atoms with Crippen LogP contribution in [-0.4, -0.2) is 28.6 Å². The second-order valence-corrected chi connectivity index (χ2v) is 7.32. The lowest BCUT2D eigenvalue weighted by atomic mass is 10.2. The number of nitrogens with zero attached hydrogens (tertiary/aromatic N) is 4. The third kappa shape index (κ3) is 3.61. The minimum atomic E-state index is -3.68. The molecule has 1 heterocycles. The summed E-state index contributed by atoms with van der Waals surface area (Å²) in [5.74, 6) is 0.386. The highest BCUT2D eigenvalue weighted by molar-refractivity contribution is 7.89. The Bertz CT molecular complexity index is 937. The number of aromatic nitrogens is 4. The third-order valence-electron chi connectivity index (χ3n) is 3.36. The van der Waals surface area contributed by atoms with E-state index in [1.54, 1.807) is 0 Å². The smallest absolute Gasteiger partial charge is 0.207 e. The van der Waals surface area contributed by atoms with Crippen molar-refractivity contribution in [2.24, 2.45) is 0 Å². The fraction of sp³-hybridized carbons (Fsp3) is 0.133. The van der Waals surface area contributed by atoms with Crippen LogP contribution in [0.5, 0.6) is 0 Å². The number of hydrogen-bond acceptors (Lipinski definition) is 5. The molecule has 3 rings (SSSR count). The van der Waals surface area contributed by atoms with E-state index in [0.717, 1.165) is 11.3 Å². The van der Waals surface area contributed by atoms with Crippen LogP contribution < -0.4 is 4.72 Å². The van der Waals surface area contributed by atoms with E-state index in [1.807, 2.05) is 31.2 Å². The van der Waals surface area contributed by atoms with Crippen molar-refractivity contribution < 1.29 is 8.42 Å². The quantitative estimate of drug-likeness (QED) is 0.749. The summed E-state index contributed by atoms with van der Waals surface area (Å²) in [4.78, 5) is 0.126. The molecule has 0 spiro atoms. The molecule has 0 aliphatic rings. The minimum absolute atomic E-state index is 0.0359. The van der Waals surface area contributed by atoms with Gasteiger partial charge in [-0.2, -0.15) is 4.68 Å². The Balaban J connectivity index is 1.79. The number of hydrogen-bond donors (Lipinski definition) is 1. The number of nitrogens with one attached hydrogen (secondary N) is 1. The molecule has 9 heteroatoms. The Hall–Kier alpha value is -2.29. The molecule has 24 heavy (non-hydrogen) atoms. The van der Waals surface area contributed by atoms with E-state index < -0.39 is 10.0 Å². The van der Waals surface area contributed by atoms with Crippen LogP contribution in [0.2, 0.25) is 5.02 Å². The van der Waals surface area contributed by atoms with E-state index >= 15 is 0 Å². The maximum Gasteiger partial charge on any atom is 0.240 e. The van der Waals surface area contributed by atoms with Crippen molar-refractivity contribution >= 4 is 21.6 Å². The van der Waals surface area contributed by atoms with Crippen LogP contribution in [0.4, 0.5) is 0 Å².